The highest BCUT2D eigenvalue weighted by atomic mass is 35.5. The summed E-state index contributed by atoms with van der Waals surface area (Å²) in [4.78, 5) is 27.5. The number of anilines is 1. The van der Waals surface area contributed by atoms with Gasteiger partial charge in [0.05, 0.1) is 18.6 Å². The number of nitrogens with one attached hydrogen (secondary N) is 1. The van der Waals surface area contributed by atoms with Gasteiger partial charge in [0, 0.05) is 41.2 Å². The van der Waals surface area contributed by atoms with Crippen LogP contribution in [-0.4, -0.2) is 56.6 Å². The number of halogens is 2. The Kier molecular flexibility index (Phi) is 11.5. The number of hydrogen-bond acceptors (Lipinski definition) is 5. The number of carbonyl (C=O) groups excluding carboxylic acids is 2. The molecule has 37 heavy (non-hydrogen) atoms. The van der Waals surface area contributed by atoms with Crippen molar-refractivity contribution < 1.29 is 22.7 Å². The van der Waals surface area contributed by atoms with Crippen LogP contribution >= 0.6 is 23.2 Å². The van der Waals surface area contributed by atoms with E-state index in [2.05, 4.69) is 5.32 Å². The second-order valence-electron chi connectivity index (χ2n) is 8.93. The van der Waals surface area contributed by atoms with Gasteiger partial charge < -0.3 is 15.0 Å². The number of carbonyl (C=O) groups is 2. The standard InChI is InChI=1S/C26H35Cl2N3O5S/c1-6-36-21-14-12-20(13-15-21)31(37(5,34)35)16-8-11-25(32)30(19(4)26(33)29-18(2)3)17-22-23(27)9-7-10-24(22)28/h7,9-10,12-15,18-19H,6,8,11,16-17H2,1-5H3,(H,29,33). The molecular weight excluding hydrogens is 537 g/mol. The van der Waals surface area contributed by atoms with Crippen LogP contribution in [0, 0.1) is 0 Å². The average Bonchev–Trinajstić information content (AvgIpc) is 2.81. The Morgan fingerprint density at radius 1 is 1.03 bits per heavy atom. The molecule has 2 aromatic carbocycles. The van der Waals surface area contributed by atoms with E-state index < -0.39 is 16.1 Å². The molecule has 0 aliphatic carbocycles. The van der Waals surface area contributed by atoms with E-state index in [-0.39, 0.29) is 43.8 Å². The molecule has 204 valence electrons. The number of hydrogen-bond donors (Lipinski definition) is 1. The molecule has 0 saturated heterocycles. The summed E-state index contributed by atoms with van der Waals surface area (Å²) in [6.45, 7) is 7.81. The fourth-order valence-corrected chi connectivity index (χ4v) is 5.20. The van der Waals surface area contributed by atoms with Crippen molar-refractivity contribution in [2.45, 2.75) is 59.2 Å². The number of ether oxygens (including phenoxy) is 1. The molecule has 0 aromatic heterocycles. The van der Waals surface area contributed by atoms with Gasteiger partial charge in [0.25, 0.3) is 0 Å². The maximum Gasteiger partial charge on any atom is 0.242 e. The molecule has 2 aromatic rings. The SMILES string of the molecule is CCOc1ccc(N(CCCC(=O)N(Cc2c(Cl)cccc2Cl)C(C)C(=O)NC(C)C)S(C)(=O)=O)cc1. The Hall–Kier alpha value is -2.49. The van der Waals surface area contributed by atoms with Gasteiger partial charge in [-0.15, -0.1) is 0 Å². The molecule has 0 bridgehead atoms. The van der Waals surface area contributed by atoms with Crippen molar-refractivity contribution in [3.05, 3.63) is 58.1 Å². The zero-order chi connectivity index (χ0) is 27.8. The summed E-state index contributed by atoms with van der Waals surface area (Å²) in [5, 5.41) is 3.60. The van der Waals surface area contributed by atoms with Crippen LogP contribution in [0.1, 0.15) is 46.1 Å². The molecule has 1 atom stereocenters. The fraction of sp³-hybridized carbons (Fsp3) is 0.462. The van der Waals surface area contributed by atoms with E-state index in [0.717, 1.165) is 6.26 Å². The number of benzene rings is 2. The van der Waals surface area contributed by atoms with Crippen molar-refractivity contribution >= 4 is 50.7 Å². The van der Waals surface area contributed by atoms with Crippen molar-refractivity contribution in [2.75, 3.05) is 23.7 Å². The molecule has 0 spiro atoms. The van der Waals surface area contributed by atoms with Gasteiger partial charge in [0.15, 0.2) is 0 Å². The molecule has 0 aliphatic rings. The molecule has 1 N–H and O–H groups in total. The molecule has 0 aliphatic heterocycles. The highest BCUT2D eigenvalue weighted by Crippen LogP contribution is 2.27. The Bertz CT molecular complexity index is 1150. The number of amides is 2. The maximum atomic E-state index is 13.4. The Balaban J connectivity index is 2.21. The lowest BCUT2D eigenvalue weighted by atomic mass is 10.1. The van der Waals surface area contributed by atoms with Crippen molar-refractivity contribution in [3.63, 3.8) is 0 Å². The van der Waals surface area contributed by atoms with E-state index in [1.807, 2.05) is 20.8 Å². The Morgan fingerprint density at radius 2 is 1.62 bits per heavy atom. The van der Waals surface area contributed by atoms with E-state index in [9.17, 15) is 18.0 Å². The first-order chi connectivity index (χ1) is 17.3. The second kappa shape index (κ2) is 13.9. The van der Waals surface area contributed by atoms with Crippen LogP contribution in [-0.2, 0) is 26.2 Å². The lowest BCUT2D eigenvalue weighted by Gasteiger charge is -2.30. The van der Waals surface area contributed by atoms with E-state index in [4.69, 9.17) is 27.9 Å². The molecule has 2 amide bonds. The summed E-state index contributed by atoms with van der Waals surface area (Å²) >= 11 is 12.7. The predicted octanol–water partition coefficient (Wildman–Crippen LogP) is 4.88. The summed E-state index contributed by atoms with van der Waals surface area (Å²) in [7, 11) is -3.60. The van der Waals surface area contributed by atoms with Crippen LogP contribution in [0.5, 0.6) is 5.75 Å². The zero-order valence-corrected chi connectivity index (χ0v) is 24.2. The summed E-state index contributed by atoms with van der Waals surface area (Å²) in [6, 6.07) is 10.9. The molecule has 0 saturated carbocycles. The third-order valence-electron chi connectivity index (χ3n) is 5.58. The molecular formula is C26H35Cl2N3O5S. The van der Waals surface area contributed by atoms with Gasteiger partial charge >= 0.3 is 0 Å². The number of sulfonamides is 1. The van der Waals surface area contributed by atoms with Crippen molar-refractivity contribution in [1.82, 2.24) is 10.2 Å². The van der Waals surface area contributed by atoms with Crippen molar-refractivity contribution in [2.24, 2.45) is 0 Å². The van der Waals surface area contributed by atoms with Gasteiger partial charge in [-0.25, -0.2) is 8.42 Å². The highest BCUT2D eigenvalue weighted by Gasteiger charge is 2.28. The average molecular weight is 573 g/mol. The molecule has 0 radical (unpaired) electrons. The molecule has 0 heterocycles. The lowest BCUT2D eigenvalue weighted by Crippen LogP contribution is -2.49. The quantitative estimate of drug-likeness (QED) is 0.369. The first-order valence-corrected chi connectivity index (χ1v) is 14.7. The van der Waals surface area contributed by atoms with E-state index >= 15 is 0 Å². The normalized spacial score (nSPS) is 12.2. The van der Waals surface area contributed by atoms with Gasteiger partial charge in [-0.05, 0) is 70.5 Å². The van der Waals surface area contributed by atoms with Gasteiger partial charge in [-0.2, -0.15) is 0 Å². The van der Waals surface area contributed by atoms with E-state index in [1.165, 1.54) is 9.21 Å². The van der Waals surface area contributed by atoms with Crippen LogP contribution in [0.4, 0.5) is 5.69 Å². The van der Waals surface area contributed by atoms with Crippen LogP contribution in [0.25, 0.3) is 0 Å². The first-order valence-electron chi connectivity index (χ1n) is 12.1. The van der Waals surface area contributed by atoms with E-state index in [0.29, 0.717) is 33.7 Å². The zero-order valence-electron chi connectivity index (χ0n) is 21.8. The third-order valence-corrected chi connectivity index (χ3v) is 7.48. The Morgan fingerprint density at radius 3 is 2.14 bits per heavy atom. The minimum atomic E-state index is -3.60. The smallest absolute Gasteiger partial charge is 0.242 e. The molecule has 11 heteroatoms. The highest BCUT2D eigenvalue weighted by molar-refractivity contribution is 7.92. The van der Waals surface area contributed by atoms with Crippen LogP contribution in [0.2, 0.25) is 10.0 Å². The van der Waals surface area contributed by atoms with Crippen LogP contribution < -0.4 is 14.4 Å². The lowest BCUT2D eigenvalue weighted by molar-refractivity contribution is -0.140. The summed E-state index contributed by atoms with van der Waals surface area (Å²) in [5.41, 5.74) is 1.01. The second-order valence-corrected chi connectivity index (χ2v) is 11.6. The summed E-state index contributed by atoms with van der Waals surface area (Å²) < 4.78 is 31.6. The van der Waals surface area contributed by atoms with Crippen LogP contribution in [0.15, 0.2) is 42.5 Å². The topological polar surface area (TPSA) is 96.0 Å². The molecule has 0 fully saturated rings. The molecule has 2 rings (SSSR count). The van der Waals surface area contributed by atoms with Crippen LogP contribution in [0.3, 0.4) is 0 Å². The predicted molar refractivity (Wildman–Crippen MR) is 149 cm³/mol. The summed E-state index contributed by atoms with van der Waals surface area (Å²) in [5.74, 6) is 0.0126. The fourth-order valence-electron chi connectivity index (χ4n) is 3.72. The molecule has 8 nitrogen and oxygen atoms in total. The number of rotatable bonds is 13. The van der Waals surface area contributed by atoms with E-state index in [1.54, 1.807) is 49.4 Å². The first kappa shape index (κ1) is 30.7. The minimum absolute atomic E-state index is 0.0183. The third kappa shape index (κ3) is 9.09. The van der Waals surface area contributed by atoms with Gasteiger partial charge in [-0.1, -0.05) is 29.3 Å². The van der Waals surface area contributed by atoms with Gasteiger partial charge in [0.1, 0.15) is 11.8 Å². The van der Waals surface area contributed by atoms with Crippen molar-refractivity contribution in [1.29, 1.82) is 0 Å². The monoisotopic (exact) mass is 571 g/mol. The minimum Gasteiger partial charge on any atom is -0.494 e. The van der Waals surface area contributed by atoms with Gasteiger partial charge in [0.2, 0.25) is 21.8 Å². The largest absolute Gasteiger partial charge is 0.494 e. The maximum absolute atomic E-state index is 13.4. The van der Waals surface area contributed by atoms with Crippen molar-refractivity contribution in [3.8, 4) is 5.75 Å². The van der Waals surface area contributed by atoms with Gasteiger partial charge in [-0.3, -0.25) is 13.9 Å². The summed E-state index contributed by atoms with van der Waals surface area (Å²) in [6.07, 6.45) is 1.38. The number of nitrogens with zero attached hydrogens (tertiary/aromatic N) is 2. The Labute approximate surface area is 229 Å². The molecule has 1 unspecified atom stereocenters.